The average molecular weight is 311 g/mol. The van der Waals surface area contributed by atoms with Crippen LogP contribution < -0.4 is 5.32 Å². The van der Waals surface area contributed by atoms with Gasteiger partial charge >= 0.3 is 0 Å². The van der Waals surface area contributed by atoms with Crippen molar-refractivity contribution in [2.75, 3.05) is 5.32 Å². The molecule has 0 saturated heterocycles. The Morgan fingerprint density at radius 1 is 1.39 bits per heavy atom. The first-order chi connectivity index (χ1) is 8.60. The topological polar surface area (TPSA) is 58.3 Å². The van der Waals surface area contributed by atoms with E-state index in [1.165, 1.54) is 0 Å². The molecule has 1 heterocycles. The summed E-state index contributed by atoms with van der Waals surface area (Å²) in [5, 5.41) is 12.5. The van der Waals surface area contributed by atoms with Gasteiger partial charge in [-0.05, 0) is 26.0 Å². The molecule has 0 atom stereocenters. The molecule has 2 aromatic rings. The van der Waals surface area contributed by atoms with E-state index >= 15 is 0 Å². The van der Waals surface area contributed by atoms with Crippen LogP contribution in [0.15, 0.2) is 27.1 Å². The number of aliphatic hydroxyl groups is 1. The Labute approximate surface area is 114 Å². The van der Waals surface area contributed by atoms with Crippen LogP contribution in [0.1, 0.15) is 22.9 Å². The molecule has 0 fully saturated rings. The summed E-state index contributed by atoms with van der Waals surface area (Å²) in [5.74, 6) is 1.48. The molecule has 0 aliphatic rings. The lowest BCUT2D eigenvalue weighted by Crippen LogP contribution is -2.03. The summed E-state index contributed by atoms with van der Waals surface area (Å²) in [6.45, 7) is 4.31. The molecule has 2 rings (SSSR count). The van der Waals surface area contributed by atoms with E-state index in [-0.39, 0.29) is 6.61 Å². The third-order valence-electron chi connectivity index (χ3n) is 2.75. The number of aromatic nitrogens is 1. The number of nitrogens with one attached hydrogen (secondary N) is 1. The Kier molecular flexibility index (Phi) is 4.04. The zero-order chi connectivity index (χ0) is 13.1. The third-order valence-corrected chi connectivity index (χ3v) is 3.24. The van der Waals surface area contributed by atoms with Crippen molar-refractivity contribution in [3.63, 3.8) is 0 Å². The molecule has 4 nitrogen and oxygen atoms in total. The molecule has 96 valence electrons. The van der Waals surface area contributed by atoms with Crippen molar-refractivity contribution < 1.29 is 9.52 Å². The van der Waals surface area contributed by atoms with Crippen molar-refractivity contribution in [2.45, 2.75) is 27.0 Å². The zero-order valence-corrected chi connectivity index (χ0v) is 11.9. The Balaban J connectivity index is 2.12. The molecule has 18 heavy (non-hydrogen) atoms. The molecule has 0 aliphatic carbocycles. The quantitative estimate of drug-likeness (QED) is 0.910. The summed E-state index contributed by atoms with van der Waals surface area (Å²) in [4.78, 5) is 4.30. The van der Waals surface area contributed by atoms with Gasteiger partial charge in [-0.3, -0.25) is 0 Å². The maximum Gasteiger partial charge on any atom is 0.213 e. The maximum atomic E-state index is 9.26. The van der Waals surface area contributed by atoms with E-state index in [1.54, 1.807) is 0 Å². The molecular weight excluding hydrogens is 296 g/mol. The first kappa shape index (κ1) is 13.1. The second kappa shape index (κ2) is 5.54. The Morgan fingerprint density at radius 2 is 2.17 bits per heavy atom. The molecule has 2 N–H and O–H groups in total. The number of oxazole rings is 1. The van der Waals surface area contributed by atoms with Gasteiger partial charge in [-0.2, -0.15) is 0 Å². The number of halogens is 1. The highest BCUT2D eigenvalue weighted by Gasteiger charge is 2.07. The van der Waals surface area contributed by atoms with E-state index in [4.69, 9.17) is 4.42 Å². The highest BCUT2D eigenvalue weighted by molar-refractivity contribution is 9.10. The van der Waals surface area contributed by atoms with Crippen molar-refractivity contribution >= 4 is 21.6 Å². The normalized spacial score (nSPS) is 10.7. The molecule has 1 aromatic carbocycles. The van der Waals surface area contributed by atoms with Crippen LogP contribution in [0, 0.1) is 13.8 Å². The number of hydrogen-bond acceptors (Lipinski definition) is 4. The van der Waals surface area contributed by atoms with E-state index in [0.29, 0.717) is 12.4 Å². The van der Waals surface area contributed by atoms with Gasteiger partial charge in [-0.15, -0.1) is 0 Å². The molecular formula is C13H15BrN2O2. The monoisotopic (exact) mass is 310 g/mol. The van der Waals surface area contributed by atoms with Gasteiger partial charge in [0.15, 0.2) is 0 Å². The Bertz CT molecular complexity index is 532. The number of aryl methyl sites for hydroxylation is 2. The zero-order valence-electron chi connectivity index (χ0n) is 10.3. The van der Waals surface area contributed by atoms with Gasteiger partial charge in [0.1, 0.15) is 5.76 Å². The van der Waals surface area contributed by atoms with Crippen molar-refractivity contribution in [3.05, 3.63) is 45.6 Å². The molecule has 0 spiro atoms. The third kappa shape index (κ3) is 2.91. The SMILES string of the molecule is Cc1nc(CNc2cc(Br)ccc2CO)oc1C. The number of anilines is 1. The summed E-state index contributed by atoms with van der Waals surface area (Å²) in [5.41, 5.74) is 2.63. The van der Waals surface area contributed by atoms with E-state index in [1.807, 2.05) is 32.0 Å². The van der Waals surface area contributed by atoms with Crippen LogP contribution in [0.25, 0.3) is 0 Å². The minimum atomic E-state index is -0.000742. The van der Waals surface area contributed by atoms with Gasteiger partial charge < -0.3 is 14.8 Å². The van der Waals surface area contributed by atoms with Crippen LogP contribution in [-0.4, -0.2) is 10.1 Å². The Hall–Kier alpha value is -1.33. The number of nitrogens with zero attached hydrogens (tertiary/aromatic N) is 1. The van der Waals surface area contributed by atoms with Crippen LogP contribution in [0.4, 0.5) is 5.69 Å². The number of rotatable bonds is 4. The van der Waals surface area contributed by atoms with Crippen LogP contribution in [0.2, 0.25) is 0 Å². The van der Waals surface area contributed by atoms with E-state index in [0.717, 1.165) is 27.2 Å². The molecule has 0 bridgehead atoms. The van der Waals surface area contributed by atoms with Crippen molar-refractivity contribution in [1.29, 1.82) is 0 Å². The van der Waals surface area contributed by atoms with Gasteiger partial charge in [0, 0.05) is 15.7 Å². The van der Waals surface area contributed by atoms with Crippen molar-refractivity contribution in [1.82, 2.24) is 4.98 Å². The lowest BCUT2D eigenvalue weighted by atomic mass is 10.2. The standard InChI is InChI=1S/C13H15BrN2O2/c1-8-9(2)18-13(16-8)6-15-12-5-11(14)4-3-10(12)7-17/h3-5,15,17H,6-7H2,1-2H3. The first-order valence-corrected chi connectivity index (χ1v) is 6.45. The Morgan fingerprint density at radius 3 is 2.78 bits per heavy atom. The summed E-state index contributed by atoms with van der Waals surface area (Å²) < 4.78 is 6.45. The largest absolute Gasteiger partial charge is 0.444 e. The lowest BCUT2D eigenvalue weighted by Gasteiger charge is -2.09. The maximum absolute atomic E-state index is 9.26. The van der Waals surface area contributed by atoms with Crippen LogP contribution in [-0.2, 0) is 13.2 Å². The summed E-state index contributed by atoms with van der Waals surface area (Å²) in [6, 6.07) is 5.70. The lowest BCUT2D eigenvalue weighted by molar-refractivity contribution is 0.282. The second-order valence-corrected chi connectivity index (χ2v) is 4.98. The van der Waals surface area contributed by atoms with Crippen molar-refractivity contribution in [3.8, 4) is 0 Å². The number of aliphatic hydroxyl groups excluding tert-OH is 1. The van der Waals surface area contributed by atoms with Gasteiger partial charge in [0.2, 0.25) is 5.89 Å². The fourth-order valence-corrected chi connectivity index (χ4v) is 2.00. The summed E-state index contributed by atoms with van der Waals surface area (Å²) in [7, 11) is 0. The average Bonchev–Trinajstić information content (AvgIpc) is 2.66. The van der Waals surface area contributed by atoms with Crippen LogP contribution in [0.3, 0.4) is 0 Å². The predicted octanol–water partition coefficient (Wildman–Crippen LogP) is 3.16. The van der Waals surface area contributed by atoms with Crippen LogP contribution >= 0.6 is 15.9 Å². The van der Waals surface area contributed by atoms with Gasteiger partial charge in [-0.1, -0.05) is 22.0 Å². The molecule has 0 unspecified atom stereocenters. The molecule has 1 aromatic heterocycles. The number of benzene rings is 1. The molecule has 0 radical (unpaired) electrons. The minimum absolute atomic E-state index is 0.000742. The summed E-state index contributed by atoms with van der Waals surface area (Å²) in [6.07, 6.45) is 0. The van der Waals surface area contributed by atoms with E-state index in [9.17, 15) is 5.11 Å². The fourth-order valence-electron chi connectivity index (χ4n) is 1.64. The van der Waals surface area contributed by atoms with Crippen molar-refractivity contribution in [2.24, 2.45) is 0 Å². The van der Waals surface area contributed by atoms with E-state index in [2.05, 4.69) is 26.2 Å². The van der Waals surface area contributed by atoms with E-state index < -0.39 is 0 Å². The van der Waals surface area contributed by atoms with Crippen LogP contribution in [0.5, 0.6) is 0 Å². The van der Waals surface area contributed by atoms with Gasteiger partial charge in [0.25, 0.3) is 0 Å². The fraction of sp³-hybridized carbons (Fsp3) is 0.308. The highest BCUT2D eigenvalue weighted by atomic mass is 79.9. The first-order valence-electron chi connectivity index (χ1n) is 5.66. The molecule has 5 heteroatoms. The smallest absolute Gasteiger partial charge is 0.213 e. The number of hydrogen-bond donors (Lipinski definition) is 2. The molecule has 0 saturated carbocycles. The van der Waals surface area contributed by atoms with Gasteiger partial charge in [0.05, 0.1) is 18.8 Å². The molecule has 0 amide bonds. The second-order valence-electron chi connectivity index (χ2n) is 4.06. The van der Waals surface area contributed by atoms with Gasteiger partial charge in [-0.25, -0.2) is 4.98 Å². The minimum Gasteiger partial charge on any atom is -0.444 e. The summed E-state index contributed by atoms with van der Waals surface area (Å²) >= 11 is 3.41. The highest BCUT2D eigenvalue weighted by Crippen LogP contribution is 2.22. The predicted molar refractivity (Wildman–Crippen MR) is 73.4 cm³/mol. The molecule has 0 aliphatic heterocycles.